The number of hydrogen-bond donors (Lipinski definition) is 6. The summed E-state index contributed by atoms with van der Waals surface area (Å²) in [5.74, 6) is -3.19. The number of nitrogens with two attached hydrogens (primary N) is 1. The number of carboxylic acid groups (broad SMARTS) is 1. The van der Waals surface area contributed by atoms with Crippen LogP contribution in [0.4, 0.5) is 0 Å². The molecule has 0 rings (SSSR count). The van der Waals surface area contributed by atoms with Crippen LogP contribution in [0, 0.1) is 5.92 Å². The van der Waals surface area contributed by atoms with Gasteiger partial charge < -0.3 is 26.8 Å². The number of rotatable bonds is 9. The van der Waals surface area contributed by atoms with Crippen molar-refractivity contribution in [3.8, 4) is 0 Å². The van der Waals surface area contributed by atoms with Crippen LogP contribution in [0.15, 0.2) is 0 Å². The van der Waals surface area contributed by atoms with Crippen LogP contribution in [-0.4, -0.2) is 59.2 Å². The van der Waals surface area contributed by atoms with E-state index in [9.17, 15) is 19.2 Å². The van der Waals surface area contributed by atoms with Crippen molar-refractivity contribution in [2.45, 2.75) is 38.9 Å². The van der Waals surface area contributed by atoms with E-state index in [-0.39, 0.29) is 11.7 Å². The van der Waals surface area contributed by atoms with E-state index >= 15 is 0 Å². The van der Waals surface area contributed by atoms with Gasteiger partial charge >= 0.3 is 5.97 Å². The quantitative estimate of drug-likeness (QED) is 0.268. The predicted octanol–water partition coefficient (Wildman–Crippen LogP) is -1.91. The minimum atomic E-state index is -1.20. The molecule has 0 aliphatic rings. The molecule has 23 heavy (non-hydrogen) atoms. The van der Waals surface area contributed by atoms with Crippen LogP contribution < -0.4 is 21.7 Å². The molecule has 0 aromatic rings. The Morgan fingerprint density at radius 2 is 1.61 bits per heavy atom. The SMILES string of the molecule is CC(N)C(=O)NC(C(=O)NC(CS)C(=O)NCC(=O)O)C(C)C. The van der Waals surface area contributed by atoms with Crippen LogP contribution >= 0.6 is 12.6 Å². The number of aliphatic carboxylic acids is 1. The highest BCUT2D eigenvalue weighted by atomic mass is 32.1. The highest BCUT2D eigenvalue weighted by molar-refractivity contribution is 7.80. The lowest BCUT2D eigenvalue weighted by atomic mass is 10.0. The first-order chi connectivity index (χ1) is 10.6. The van der Waals surface area contributed by atoms with Gasteiger partial charge in [0.2, 0.25) is 17.7 Å². The molecule has 0 bridgehead atoms. The fraction of sp³-hybridized carbons (Fsp3) is 0.692. The molecule has 3 unspecified atom stereocenters. The number of hydrogen-bond acceptors (Lipinski definition) is 6. The fourth-order valence-electron chi connectivity index (χ4n) is 1.56. The summed E-state index contributed by atoms with van der Waals surface area (Å²) in [5, 5.41) is 15.6. The molecule has 0 aliphatic heterocycles. The number of nitrogens with one attached hydrogen (secondary N) is 3. The Morgan fingerprint density at radius 3 is 2.00 bits per heavy atom. The molecule has 0 aromatic heterocycles. The van der Waals surface area contributed by atoms with E-state index in [4.69, 9.17) is 10.8 Å². The molecule has 0 fully saturated rings. The third kappa shape index (κ3) is 7.84. The lowest BCUT2D eigenvalue weighted by Gasteiger charge is -2.25. The third-order valence-corrected chi connectivity index (χ3v) is 3.26. The molecule has 0 heterocycles. The van der Waals surface area contributed by atoms with Crippen molar-refractivity contribution in [2.24, 2.45) is 11.7 Å². The normalized spacial score (nSPS) is 14.5. The van der Waals surface area contributed by atoms with Gasteiger partial charge in [-0.2, -0.15) is 12.6 Å². The standard InChI is InChI=1S/C13H24N4O5S/c1-6(2)10(17-11(20)7(3)14)13(22)16-8(5-23)12(21)15-4-9(18)19/h6-8,10,23H,4-5,14H2,1-3H3,(H,15,21)(H,16,22)(H,17,20)(H,18,19). The summed E-state index contributed by atoms with van der Waals surface area (Å²) < 4.78 is 0. The van der Waals surface area contributed by atoms with Gasteiger partial charge in [0.1, 0.15) is 18.6 Å². The van der Waals surface area contributed by atoms with Crippen molar-refractivity contribution in [3.63, 3.8) is 0 Å². The van der Waals surface area contributed by atoms with Gasteiger partial charge in [-0.1, -0.05) is 13.8 Å². The van der Waals surface area contributed by atoms with E-state index < -0.39 is 48.4 Å². The smallest absolute Gasteiger partial charge is 0.322 e. The first-order valence-electron chi connectivity index (χ1n) is 7.06. The first-order valence-corrected chi connectivity index (χ1v) is 7.70. The molecular formula is C13H24N4O5S. The second-order valence-corrected chi connectivity index (χ2v) is 5.74. The average Bonchev–Trinajstić information content (AvgIpc) is 2.46. The summed E-state index contributed by atoms with van der Waals surface area (Å²) in [6.07, 6.45) is 0. The van der Waals surface area contributed by atoms with Crippen molar-refractivity contribution in [2.75, 3.05) is 12.3 Å². The zero-order valence-electron chi connectivity index (χ0n) is 13.3. The molecule has 0 saturated carbocycles. The largest absolute Gasteiger partial charge is 0.480 e. The van der Waals surface area contributed by atoms with Crippen LogP contribution in [0.2, 0.25) is 0 Å². The van der Waals surface area contributed by atoms with Crippen molar-refractivity contribution < 1.29 is 24.3 Å². The van der Waals surface area contributed by atoms with Gasteiger partial charge in [-0.05, 0) is 12.8 Å². The maximum atomic E-state index is 12.3. The van der Waals surface area contributed by atoms with E-state index in [1.165, 1.54) is 6.92 Å². The lowest BCUT2D eigenvalue weighted by molar-refractivity contribution is -0.138. The van der Waals surface area contributed by atoms with Crippen LogP contribution in [-0.2, 0) is 19.2 Å². The van der Waals surface area contributed by atoms with Gasteiger partial charge in [0.05, 0.1) is 6.04 Å². The minimum Gasteiger partial charge on any atom is -0.480 e. The Morgan fingerprint density at radius 1 is 1.04 bits per heavy atom. The van der Waals surface area contributed by atoms with Gasteiger partial charge in [-0.25, -0.2) is 0 Å². The van der Waals surface area contributed by atoms with Gasteiger partial charge in [-0.3, -0.25) is 19.2 Å². The van der Waals surface area contributed by atoms with Crippen molar-refractivity contribution in [1.29, 1.82) is 0 Å². The number of thiol groups is 1. The van der Waals surface area contributed by atoms with Crippen LogP contribution in [0.3, 0.4) is 0 Å². The Balaban J connectivity index is 4.83. The van der Waals surface area contributed by atoms with Gasteiger partial charge in [-0.15, -0.1) is 0 Å². The number of carbonyl (C=O) groups is 4. The number of amides is 3. The van der Waals surface area contributed by atoms with Crippen molar-refractivity contribution in [1.82, 2.24) is 16.0 Å². The molecule has 0 saturated heterocycles. The van der Waals surface area contributed by atoms with Crippen LogP contribution in [0.25, 0.3) is 0 Å². The second kappa shape index (κ2) is 10.1. The summed E-state index contributed by atoms with van der Waals surface area (Å²) in [7, 11) is 0. The maximum Gasteiger partial charge on any atom is 0.322 e. The predicted molar refractivity (Wildman–Crippen MR) is 86.8 cm³/mol. The molecule has 3 amide bonds. The zero-order valence-corrected chi connectivity index (χ0v) is 14.2. The molecule has 9 nitrogen and oxygen atoms in total. The molecule has 10 heteroatoms. The van der Waals surface area contributed by atoms with E-state index in [1.54, 1.807) is 13.8 Å². The van der Waals surface area contributed by atoms with Crippen molar-refractivity contribution >= 4 is 36.3 Å². The summed E-state index contributed by atoms with van der Waals surface area (Å²) in [4.78, 5) is 46.1. The summed E-state index contributed by atoms with van der Waals surface area (Å²) in [6, 6.07) is -2.66. The highest BCUT2D eigenvalue weighted by Gasteiger charge is 2.28. The molecule has 0 aliphatic carbocycles. The monoisotopic (exact) mass is 348 g/mol. The van der Waals surface area contributed by atoms with E-state index in [0.29, 0.717) is 0 Å². The Kier molecular flexibility index (Phi) is 9.27. The summed E-state index contributed by atoms with van der Waals surface area (Å²) in [5.41, 5.74) is 5.45. The topological polar surface area (TPSA) is 151 Å². The summed E-state index contributed by atoms with van der Waals surface area (Å²) in [6.45, 7) is 4.38. The average molecular weight is 348 g/mol. The summed E-state index contributed by atoms with van der Waals surface area (Å²) >= 11 is 3.97. The Labute approximate surface area is 140 Å². The Bertz CT molecular complexity index is 456. The van der Waals surface area contributed by atoms with Gasteiger partial charge in [0, 0.05) is 5.75 Å². The first kappa shape index (κ1) is 21.2. The molecule has 3 atom stereocenters. The van der Waals surface area contributed by atoms with Crippen LogP contribution in [0.5, 0.6) is 0 Å². The minimum absolute atomic E-state index is 0.0246. The van der Waals surface area contributed by atoms with Crippen LogP contribution in [0.1, 0.15) is 20.8 Å². The zero-order chi connectivity index (χ0) is 18.2. The molecule has 132 valence electrons. The van der Waals surface area contributed by atoms with E-state index in [1.807, 2.05) is 0 Å². The van der Waals surface area contributed by atoms with Crippen molar-refractivity contribution in [3.05, 3.63) is 0 Å². The Hall–Kier alpha value is -1.81. The molecular weight excluding hydrogens is 324 g/mol. The maximum absolute atomic E-state index is 12.3. The molecule has 6 N–H and O–H groups in total. The molecule has 0 radical (unpaired) electrons. The van der Waals surface area contributed by atoms with E-state index in [0.717, 1.165) is 0 Å². The fourth-order valence-corrected chi connectivity index (χ4v) is 1.82. The number of carbonyl (C=O) groups excluding carboxylic acids is 3. The highest BCUT2D eigenvalue weighted by Crippen LogP contribution is 2.03. The van der Waals surface area contributed by atoms with Gasteiger partial charge in [0.25, 0.3) is 0 Å². The lowest BCUT2D eigenvalue weighted by Crippen LogP contribution is -2.57. The van der Waals surface area contributed by atoms with Gasteiger partial charge in [0.15, 0.2) is 0 Å². The second-order valence-electron chi connectivity index (χ2n) is 5.37. The molecule has 0 aromatic carbocycles. The number of carboxylic acids is 1. The molecule has 0 spiro atoms. The third-order valence-electron chi connectivity index (χ3n) is 2.89. The van der Waals surface area contributed by atoms with E-state index in [2.05, 4.69) is 28.6 Å².